The number of pyridine rings is 1. The summed E-state index contributed by atoms with van der Waals surface area (Å²) in [6.45, 7) is 1.19. The van der Waals surface area contributed by atoms with E-state index in [9.17, 15) is 18.0 Å². The van der Waals surface area contributed by atoms with Crippen molar-refractivity contribution in [1.82, 2.24) is 24.7 Å². The molecule has 4 aromatic rings. The third-order valence-corrected chi connectivity index (χ3v) is 5.35. The van der Waals surface area contributed by atoms with Gasteiger partial charge in [-0.3, -0.25) is 9.48 Å². The number of alkyl halides is 3. The minimum atomic E-state index is -4.67. The van der Waals surface area contributed by atoms with Crippen LogP contribution in [0.3, 0.4) is 0 Å². The van der Waals surface area contributed by atoms with Crippen LogP contribution in [-0.2, 0) is 28.7 Å². The minimum absolute atomic E-state index is 0.0366. The van der Waals surface area contributed by atoms with Crippen LogP contribution in [-0.4, -0.2) is 51.5 Å². The van der Waals surface area contributed by atoms with Crippen LogP contribution in [0.5, 0.6) is 5.88 Å². The molecule has 0 bridgehead atoms. The van der Waals surface area contributed by atoms with Crippen LogP contribution in [0, 0.1) is 0 Å². The largest absolute Gasteiger partial charge is 0.481 e. The van der Waals surface area contributed by atoms with E-state index in [-0.39, 0.29) is 12.1 Å². The van der Waals surface area contributed by atoms with E-state index in [4.69, 9.17) is 4.74 Å². The zero-order valence-electron chi connectivity index (χ0n) is 20.5. The number of carbonyl (C=O) groups excluding carboxylic acids is 1. The second-order valence-corrected chi connectivity index (χ2v) is 8.11. The number of rotatable bonds is 10. The average Bonchev–Trinajstić information content (AvgIpc) is 3.35. The summed E-state index contributed by atoms with van der Waals surface area (Å²) >= 11 is 0. The van der Waals surface area contributed by atoms with E-state index < -0.39 is 23.5 Å². The lowest BCUT2D eigenvalue weighted by Crippen LogP contribution is -2.16. The summed E-state index contributed by atoms with van der Waals surface area (Å²) < 4.78 is 51.0. The molecule has 10 nitrogen and oxygen atoms in total. The maximum Gasteiger partial charge on any atom is 0.421 e. The number of nitrogens with zero attached hydrogens (tertiary/aromatic N) is 5. The molecule has 0 aliphatic heterocycles. The molecule has 2 N–H and O–H groups in total. The molecule has 0 spiro atoms. The van der Waals surface area contributed by atoms with Crippen LogP contribution in [0.2, 0.25) is 0 Å². The van der Waals surface area contributed by atoms with Gasteiger partial charge in [-0.25, -0.2) is 15.0 Å². The van der Waals surface area contributed by atoms with Crippen LogP contribution in [0.4, 0.5) is 30.5 Å². The van der Waals surface area contributed by atoms with Gasteiger partial charge < -0.3 is 20.1 Å². The molecule has 13 heteroatoms. The highest BCUT2D eigenvalue weighted by Gasteiger charge is 2.35. The molecule has 1 aromatic carbocycles. The first-order valence-electron chi connectivity index (χ1n) is 11.4. The average molecular weight is 528 g/mol. The van der Waals surface area contributed by atoms with Gasteiger partial charge in [0, 0.05) is 31.3 Å². The molecule has 0 fully saturated rings. The Morgan fingerprint density at radius 1 is 0.974 bits per heavy atom. The van der Waals surface area contributed by atoms with Crippen molar-refractivity contribution >= 4 is 23.2 Å². The maximum atomic E-state index is 13.2. The number of carbonyl (C=O) groups is 1. The molecule has 4 rings (SSSR count). The van der Waals surface area contributed by atoms with E-state index in [1.807, 2.05) is 18.3 Å². The molecular formula is C25H24F3N7O3. The van der Waals surface area contributed by atoms with Crippen molar-refractivity contribution in [3.63, 3.8) is 0 Å². The second kappa shape index (κ2) is 11.7. The lowest BCUT2D eigenvalue weighted by Gasteiger charge is -2.13. The molecule has 0 aliphatic carbocycles. The summed E-state index contributed by atoms with van der Waals surface area (Å²) in [7, 11) is 2.72. The Labute approximate surface area is 215 Å². The van der Waals surface area contributed by atoms with Crippen molar-refractivity contribution in [3.8, 4) is 17.0 Å². The normalized spacial score (nSPS) is 11.3. The van der Waals surface area contributed by atoms with E-state index in [0.717, 1.165) is 36.2 Å². The highest BCUT2D eigenvalue weighted by atomic mass is 19.4. The van der Waals surface area contributed by atoms with Crippen molar-refractivity contribution in [2.24, 2.45) is 0 Å². The smallest absolute Gasteiger partial charge is 0.421 e. The highest BCUT2D eigenvalue weighted by molar-refractivity contribution is 5.92. The van der Waals surface area contributed by atoms with E-state index in [1.165, 1.54) is 0 Å². The van der Waals surface area contributed by atoms with Gasteiger partial charge in [0.2, 0.25) is 17.7 Å². The number of nitrogens with one attached hydrogen (secondary N) is 2. The topological polar surface area (TPSA) is 116 Å². The molecular weight excluding hydrogens is 503 g/mol. The number of halogens is 3. The number of hydrogen-bond acceptors (Lipinski definition) is 8. The summed E-state index contributed by atoms with van der Waals surface area (Å²) in [5.41, 5.74) is 1.88. The van der Waals surface area contributed by atoms with Gasteiger partial charge >= 0.3 is 6.18 Å². The predicted molar refractivity (Wildman–Crippen MR) is 133 cm³/mol. The lowest BCUT2D eigenvalue weighted by molar-refractivity contribution is -0.139. The van der Waals surface area contributed by atoms with Gasteiger partial charge in [-0.05, 0) is 17.2 Å². The Bertz CT molecular complexity index is 1370. The molecule has 3 heterocycles. The number of amides is 1. The zero-order chi connectivity index (χ0) is 27.1. The highest BCUT2D eigenvalue weighted by Crippen LogP contribution is 2.36. The molecule has 1 amide bonds. The summed E-state index contributed by atoms with van der Waals surface area (Å²) in [5.74, 6) is -0.634. The van der Waals surface area contributed by atoms with Crippen LogP contribution in [0.1, 0.15) is 11.1 Å². The molecule has 0 saturated heterocycles. The maximum absolute atomic E-state index is 13.2. The summed E-state index contributed by atoms with van der Waals surface area (Å²) in [6, 6.07) is 7.92. The minimum Gasteiger partial charge on any atom is -0.481 e. The van der Waals surface area contributed by atoms with Crippen molar-refractivity contribution < 1.29 is 27.4 Å². The number of ether oxygens (including phenoxy) is 2. The third-order valence-electron chi connectivity index (χ3n) is 5.35. The number of aromatic nitrogens is 5. The van der Waals surface area contributed by atoms with Crippen molar-refractivity contribution in [2.75, 3.05) is 31.5 Å². The number of hydrogen-bond donors (Lipinski definition) is 2. The first-order chi connectivity index (χ1) is 18.2. The number of benzene rings is 1. The molecule has 3 aromatic heterocycles. The van der Waals surface area contributed by atoms with Crippen molar-refractivity contribution in [3.05, 3.63) is 72.4 Å². The Balaban J connectivity index is 1.35. The van der Waals surface area contributed by atoms with E-state index in [1.54, 1.807) is 42.5 Å². The van der Waals surface area contributed by atoms with Gasteiger partial charge in [0.1, 0.15) is 5.56 Å². The monoisotopic (exact) mass is 527 g/mol. The fraction of sp³-hybridized carbons (Fsp3) is 0.240. The Morgan fingerprint density at radius 3 is 2.37 bits per heavy atom. The van der Waals surface area contributed by atoms with E-state index in [0.29, 0.717) is 24.7 Å². The molecule has 0 atom stereocenters. The number of anilines is 3. The second-order valence-electron chi connectivity index (χ2n) is 8.11. The van der Waals surface area contributed by atoms with E-state index in [2.05, 4.69) is 35.4 Å². The lowest BCUT2D eigenvalue weighted by atomic mass is 10.0. The van der Waals surface area contributed by atoms with Gasteiger partial charge in [-0.1, -0.05) is 24.3 Å². The summed E-state index contributed by atoms with van der Waals surface area (Å²) in [5, 5.41) is 9.75. The van der Waals surface area contributed by atoms with Gasteiger partial charge in [0.25, 0.3) is 0 Å². The Kier molecular flexibility index (Phi) is 8.16. The predicted octanol–water partition coefficient (Wildman–Crippen LogP) is 4.33. The summed E-state index contributed by atoms with van der Waals surface area (Å²) in [4.78, 5) is 24.7. The van der Waals surface area contributed by atoms with Gasteiger partial charge in [0.15, 0.2) is 0 Å². The fourth-order valence-electron chi connectivity index (χ4n) is 3.50. The zero-order valence-corrected chi connectivity index (χ0v) is 20.5. The third kappa shape index (κ3) is 6.82. The van der Waals surface area contributed by atoms with Gasteiger partial charge in [-0.15, -0.1) is 0 Å². The molecule has 0 saturated carbocycles. The van der Waals surface area contributed by atoms with Crippen LogP contribution < -0.4 is 15.4 Å². The van der Waals surface area contributed by atoms with E-state index >= 15 is 0 Å². The molecule has 0 unspecified atom stereocenters. The molecule has 0 radical (unpaired) electrons. The van der Waals surface area contributed by atoms with Crippen molar-refractivity contribution in [1.29, 1.82) is 0 Å². The Hall–Kier alpha value is -4.52. The SMILES string of the molecule is COCCn1cc(Nc2ncc(-c3ccc(CC(=O)Nc4cnc(OC)c(C(F)(F)F)c4)cc3)cn2)cn1. The van der Waals surface area contributed by atoms with Crippen LogP contribution in [0.15, 0.2) is 61.3 Å². The van der Waals surface area contributed by atoms with Gasteiger partial charge in [0.05, 0.1) is 50.5 Å². The Morgan fingerprint density at radius 2 is 1.71 bits per heavy atom. The molecule has 38 heavy (non-hydrogen) atoms. The van der Waals surface area contributed by atoms with Crippen LogP contribution in [0.25, 0.3) is 11.1 Å². The first kappa shape index (κ1) is 26.5. The standard InChI is InChI=1S/C25H24F3N7O3/c1-37-8-7-35-15-20(14-32-35)34-24-30-11-18(12-31-24)17-5-3-16(4-6-17)9-22(36)33-19-10-21(25(26,27)28)23(38-2)29-13-19/h3-6,10-15H,7-9H2,1-2H3,(H,33,36)(H,30,31,34). The number of methoxy groups -OCH3 is 2. The van der Waals surface area contributed by atoms with Crippen LogP contribution >= 0.6 is 0 Å². The quantitative estimate of drug-likeness (QED) is 0.313. The fourth-order valence-corrected chi connectivity index (χ4v) is 3.50. The van der Waals surface area contributed by atoms with Gasteiger partial charge in [-0.2, -0.15) is 18.3 Å². The molecule has 198 valence electrons. The molecule has 0 aliphatic rings. The van der Waals surface area contributed by atoms with Crippen molar-refractivity contribution in [2.45, 2.75) is 19.1 Å². The first-order valence-corrected chi connectivity index (χ1v) is 11.4. The summed E-state index contributed by atoms with van der Waals surface area (Å²) in [6.07, 6.45) is 3.24.